The molecule has 0 heterocycles. The van der Waals surface area contributed by atoms with Gasteiger partial charge in [0.1, 0.15) is 0 Å². The van der Waals surface area contributed by atoms with Gasteiger partial charge < -0.3 is 10.6 Å². The van der Waals surface area contributed by atoms with Crippen LogP contribution in [0.3, 0.4) is 0 Å². The number of hydrogen-bond acceptors (Lipinski definition) is 1. The van der Waals surface area contributed by atoms with Crippen LogP contribution in [0.4, 0.5) is 13.2 Å². The maximum absolute atomic E-state index is 12.0. The number of guanidine groups is 1. The molecule has 0 radical (unpaired) electrons. The van der Waals surface area contributed by atoms with Crippen molar-refractivity contribution in [3.8, 4) is 0 Å². The molecule has 0 aliphatic heterocycles. The molecule has 0 aromatic rings. The van der Waals surface area contributed by atoms with Crippen molar-refractivity contribution < 1.29 is 13.2 Å². The van der Waals surface area contributed by atoms with Gasteiger partial charge in [-0.25, -0.2) is 0 Å². The predicted molar refractivity (Wildman–Crippen MR) is 88.7 cm³/mol. The molecule has 0 aromatic heterocycles. The normalized spacial score (nSPS) is 13.9. The lowest BCUT2D eigenvalue weighted by Gasteiger charge is -2.20. The average molecular weight is 409 g/mol. The molecule has 1 unspecified atom stereocenters. The molecule has 0 bridgehead atoms. The number of aliphatic imine (C=N–C) groups is 1. The van der Waals surface area contributed by atoms with Crippen molar-refractivity contribution in [1.29, 1.82) is 0 Å². The lowest BCUT2D eigenvalue weighted by atomic mass is 10.1. The van der Waals surface area contributed by atoms with Gasteiger partial charge in [-0.1, -0.05) is 13.8 Å². The van der Waals surface area contributed by atoms with Crippen LogP contribution in [0.15, 0.2) is 4.99 Å². The summed E-state index contributed by atoms with van der Waals surface area (Å²) in [6.07, 6.45) is -4.20. The summed E-state index contributed by atoms with van der Waals surface area (Å²) in [4.78, 5) is 4.28. The molecule has 0 fully saturated rings. The van der Waals surface area contributed by atoms with Gasteiger partial charge in [-0.05, 0) is 32.6 Å². The Balaban J connectivity index is 0. The smallest absolute Gasteiger partial charge is 0.357 e. The minimum absolute atomic E-state index is 0. The Hall–Kier alpha value is -0.210. The third-order valence-corrected chi connectivity index (χ3v) is 2.85. The van der Waals surface area contributed by atoms with Crippen LogP contribution in [0.25, 0.3) is 0 Å². The Labute approximate surface area is 137 Å². The summed E-state index contributed by atoms with van der Waals surface area (Å²) >= 11 is 0. The van der Waals surface area contributed by atoms with E-state index in [-0.39, 0.29) is 36.4 Å². The van der Waals surface area contributed by atoms with E-state index in [4.69, 9.17) is 0 Å². The van der Waals surface area contributed by atoms with Crippen molar-refractivity contribution in [2.24, 2.45) is 10.9 Å². The number of unbranched alkanes of at least 4 members (excludes halogenated alkanes) is 1. The van der Waals surface area contributed by atoms with E-state index in [0.717, 1.165) is 6.54 Å². The maximum Gasteiger partial charge on any atom is 0.389 e. The Morgan fingerprint density at radius 1 is 1.15 bits per heavy atom. The minimum Gasteiger partial charge on any atom is -0.357 e. The highest BCUT2D eigenvalue weighted by molar-refractivity contribution is 14.0. The highest BCUT2D eigenvalue weighted by Gasteiger charge is 2.25. The van der Waals surface area contributed by atoms with Crippen molar-refractivity contribution in [1.82, 2.24) is 10.6 Å². The van der Waals surface area contributed by atoms with Crippen LogP contribution < -0.4 is 10.6 Å². The third kappa shape index (κ3) is 12.8. The zero-order chi connectivity index (χ0) is 14.9. The molecule has 0 rings (SSSR count). The first-order valence-corrected chi connectivity index (χ1v) is 6.88. The second-order valence-corrected chi connectivity index (χ2v) is 5.01. The molecule has 0 amide bonds. The molecule has 2 N–H and O–H groups in total. The summed E-state index contributed by atoms with van der Waals surface area (Å²) in [5, 5.41) is 6.33. The number of nitrogens with one attached hydrogen (secondary N) is 2. The Morgan fingerprint density at radius 3 is 2.20 bits per heavy atom. The number of nitrogens with zero attached hydrogens (tertiary/aromatic N) is 1. The first-order valence-electron chi connectivity index (χ1n) is 6.88. The van der Waals surface area contributed by atoms with Gasteiger partial charge in [-0.15, -0.1) is 24.0 Å². The van der Waals surface area contributed by atoms with E-state index in [1.807, 2.05) is 6.92 Å². The molecular weight excluding hydrogens is 382 g/mol. The molecule has 20 heavy (non-hydrogen) atoms. The summed E-state index contributed by atoms with van der Waals surface area (Å²) in [6, 6.07) is 0.271. The molecule has 0 spiro atoms. The SMILES string of the molecule is CCNC(=NCCCCC(F)(F)F)NC(C)C(C)C.I. The molecule has 0 aromatic carbocycles. The van der Waals surface area contributed by atoms with E-state index in [2.05, 4.69) is 36.4 Å². The largest absolute Gasteiger partial charge is 0.389 e. The van der Waals surface area contributed by atoms with Crippen LogP contribution in [0.2, 0.25) is 0 Å². The van der Waals surface area contributed by atoms with Crippen molar-refractivity contribution in [2.75, 3.05) is 13.1 Å². The van der Waals surface area contributed by atoms with Crippen molar-refractivity contribution in [2.45, 2.75) is 59.2 Å². The lowest BCUT2D eigenvalue weighted by molar-refractivity contribution is -0.135. The monoisotopic (exact) mass is 409 g/mol. The maximum atomic E-state index is 12.0. The molecule has 7 heteroatoms. The second-order valence-electron chi connectivity index (χ2n) is 5.01. The van der Waals surface area contributed by atoms with E-state index in [9.17, 15) is 13.2 Å². The quantitative estimate of drug-likeness (QED) is 0.289. The zero-order valence-electron chi connectivity index (χ0n) is 12.7. The van der Waals surface area contributed by atoms with Crippen molar-refractivity contribution in [3.05, 3.63) is 0 Å². The Bertz CT molecular complexity index is 268. The van der Waals surface area contributed by atoms with Gasteiger partial charge in [0.2, 0.25) is 0 Å². The number of hydrogen-bond donors (Lipinski definition) is 2. The fourth-order valence-corrected chi connectivity index (χ4v) is 1.33. The van der Waals surface area contributed by atoms with Crippen LogP contribution >= 0.6 is 24.0 Å². The van der Waals surface area contributed by atoms with Gasteiger partial charge >= 0.3 is 6.18 Å². The fourth-order valence-electron chi connectivity index (χ4n) is 1.33. The molecular formula is C13H27F3IN3. The topological polar surface area (TPSA) is 36.4 Å². The van der Waals surface area contributed by atoms with E-state index < -0.39 is 12.6 Å². The lowest BCUT2D eigenvalue weighted by Crippen LogP contribution is -2.44. The Morgan fingerprint density at radius 2 is 1.75 bits per heavy atom. The molecule has 3 nitrogen and oxygen atoms in total. The molecule has 0 aliphatic carbocycles. The first-order chi connectivity index (χ1) is 8.76. The second kappa shape index (κ2) is 11.4. The minimum atomic E-state index is -4.06. The molecule has 0 aliphatic rings. The molecule has 1 atom stereocenters. The van der Waals surface area contributed by atoms with Gasteiger partial charge in [-0.2, -0.15) is 13.2 Å². The van der Waals surface area contributed by atoms with Crippen LogP contribution in [0.5, 0.6) is 0 Å². The van der Waals surface area contributed by atoms with Crippen LogP contribution in [-0.4, -0.2) is 31.3 Å². The van der Waals surface area contributed by atoms with Crippen molar-refractivity contribution in [3.63, 3.8) is 0 Å². The summed E-state index contributed by atoms with van der Waals surface area (Å²) < 4.78 is 35.9. The van der Waals surface area contributed by atoms with Gasteiger partial charge in [0, 0.05) is 25.6 Å². The number of rotatable bonds is 7. The van der Waals surface area contributed by atoms with Gasteiger partial charge in [-0.3, -0.25) is 4.99 Å². The number of alkyl halides is 3. The van der Waals surface area contributed by atoms with E-state index in [0.29, 0.717) is 24.8 Å². The van der Waals surface area contributed by atoms with E-state index in [1.54, 1.807) is 0 Å². The van der Waals surface area contributed by atoms with E-state index in [1.165, 1.54) is 0 Å². The summed E-state index contributed by atoms with van der Waals surface area (Å²) in [5.41, 5.74) is 0. The van der Waals surface area contributed by atoms with Crippen LogP contribution in [0, 0.1) is 5.92 Å². The van der Waals surface area contributed by atoms with Gasteiger partial charge in [0.25, 0.3) is 0 Å². The van der Waals surface area contributed by atoms with Crippen molar-refractivity contribution >= 4 is 29.9 Å². The zero-order valence-corrected chi connectivity index (χ0v) is 15.0. The summed E-state index contributed by atoms with van der Waals surface area (Å²) in [6.45, 7) is 9.37. The van der Waals surface area contributed by atoms with Gasteiger partial charge in [0.05, 0.1) is 0 Å². The first kappa shape index (κ1) is 22.1. The predicted octanol–water partition coefficient (Wildman–Crippen LogP) is 3.94. The van der Waals surface area contributed by atoms with Crippen LogP contribution in [-0.2, 0) is 0 Å². The Kier molecular flexibility index (Phi) is 12.6. The molecule has 0 saturated carbocycles. The van der Waals surface area contributed by atoms with Gasteiger partial charge in [0.15, 0.2) is 5.96 Å². The molecule has 0 saturated heterocycles. The third-order valence-electron chi connectivity index (χ3n) is 2.85. The standard InChI is InChI=1S/C13H26F3N3.HI/c1-5-17-12(19-11(4)10(2)3)18-9-7-6-8-13(14,15)16;/h10-11H,5-9H2,1-4H3,(H2,17,18,19);1H. The number of halogens is 4. The fraction of sp³-hybridized carbons (Fsp3) is 0.923. The summed E-state index contributed by atoms with van der Waals surface area (Å²) in [5.74, 6) is 1.14. The average Bonchev–Trinajstić information content (AvgIpc) is 2.26. The summed E-state index contributed by atoms with van der Waals surface area (Å²) in [7, 11) is 0. The highest BCUT2D eigenvalue weighted by Crippen LogP contribution is 2.21. The van der Waals surface area contributed by atoms with E-state index >= 15 is 0 Å². The highest BCUT2D eigenvalue weighted by atomic mass is 127. The molecule has 122 valence electrons. The van der Waals surface area contributed by atoms with Crippen LogP contribution in [0.1, 0.15) is 47.0 Å².